The van der Waals surface area contributed by atoms with Gasteiger partial charge in [0, 0.05) is 30.8 Å². The molecule has 0 radical (unpaired) electrons. The molecule has 0 bridgehead atoms. The average molecular weight is 473 g/mol. The molecule has 1 saturated heterocycles. The fourth-order valence-electron chi connectivity index (χ4n) is 6.24. The van der Waals surface area contributed by atoms with Crippen LogP contribution in [-0.4, -0.2) is 43.9 Å². The molecule has 2 aliphatic heterocycles. The molecule has 5 rings (SSSR count). The van der Waals surface area contributed by atoms with Crippen LogP contribution in [0.1, 0.15) is 81.0 Å². The molecule has 1 amide bonds. The molecule has 1 aromatic carbocycles. The van der Waals surface area contributed by atoms with Gasteiger partial charge in [-0.3, -0.25) is 9.10 Å². The molecule has 180 valence electrons. The largest absolute Gasteiger partial charge is 0.376 e. The topological polar surface area (TPSA) is 75.7 Å². The number of hydrogen-bond acceptors (Lipinski definition) is 4. The highest BCUT2D eigenvalue weighted by Gasteiger charge is 2.44. The first-order valence-electron chi connectivity index (χ1n) is 12.8. The minimum Gasteiger partial charge on any atom is -0.376 e. The van der Waals surface area contributed by atoms with Crippen molar-refractivity contribution in [2.45, 2.75) is 87.7 Å². The number of amides is 1. The maximum atomic E-state index is 13.6. The molecular formula is C26H36N2O4S. The molecule has 3 fully saturated rings. The Morgan fingerprint density at radius 2 is 1.64 bits per heavy atom. The van der Waals surface area contributed by atoms with Crippen molar-refractivity contribution < 1.29 is 17.9 Å². The molecule has 1 N–H and O–H groups in total. The van der Waals surface area contributed by atoms with Crippen LogP contribution >= 0.6 is 0 Å². The average Bonchev–Trinajstić information content (AvgIpc) is 3.51. The Labute approximate surface area is 197 Å². The molecule has 2 heterocycles. The summed E-state index contributed by atoms with van der Waals surface area (Å²) in [5.41, 5.74) is 1.85. The van der Waals surface area contributed by atoms with Crippen molar-refractivity contribution in [2.24, 2.45) is 11.8 Å². The standard InChI is InChI=1S/C26H36N2O4S/c29-26(27-17-21-9-5-6-16-32-21)20-12-14-22(15-13-20)33(30,31)28-18-24(19-7-1-2-8-19)23-10-3-4-11-25(23)28/h12-15,18-19,21,23,25H,1-11,16-17H2,(H,27,29)/t21?,23-,25?/m0/s1. The Bertz CT molecular complexity index is 976. The number of carbonyl (C=O) groups is 1. The predicted octanol–water partition coefficient (Wildman–Crippen LogP) is 4.62. The van der Waals surface area contributed by atoms with Gasteiger partial charge in [0.05, 0.1) is 17.0 Å². The molecule has 7 heteroatoms. The van der Waals surface area contributed by atoms with E-state index in [9.17, 15) is 13.2 Å². The van der Waals surface area contributed by atoms with Crippen molar-refractivity contribution in [3.8, 4) is 0 Å². The number of nitrogens with one attached hydrogen (secondary N) is 1. The summed E-state index contributed by atoms with van der Waals surface area (Å²) in [5, 5.41) is 2.92. The maximum Gasteiger partial charge on any atom is 0.264 e. The molecule has 0 aromatic heterocycles. The van der Waals surface area contributed by atoms with E-state index in [0.29, 0.717) is 23.9 Å². The number of benzene rings is 1. The third kappa shape index (κ3) is 4.72. The summed E-state index contributed by atoms with van der Waals surface area (Å²) < 4.78 is 34.6. The van der Waals surface area contributed by atoms with Crippen LogP contribution in [0.25, 0.3) is 0 Å². The zero-order valence-electron chi connectivity index (χ0n) is 19.4. The third-order valence-corrected chi connectivity index (χ3v) is 9.84. The van der Waals surface area contributed by atoms with Gasteiger partial charge in [-0.05, 0) is 80.7 Å². The van der Waals surface area contributed by atoms with Crippen molar-refractivity contribution in [3.05, 3.63) is 41.6 Å². The Morgan fingerprint density at radius 3 is 2.36 bits per heavy atom. The second kappa shape index (κ2) is 9.79. The van der Waals surface area contributed by atoms with E-state index in [1.807, 2.05) is 6.20 Å². The molecule has 6 nitrogen and oxygen atoms in total. The van der Waals surface area contributed by atoms with Crippen molar-refractivity contribution in [3.63, 3.8) is 0 Å². The number of nitrogens with zero attached hydrogens (tertiary/aromatic N) is 1. The van der Waals surface area contributed by atoms with Gasteiger partial charge in [0.25, 0.3) is 15.9 Å². The van der Waals surface area contributed by atoms with Gasteiger partial charge < -0.3 is 10.1 Å². The SMILES string of the molecule is O=C(NCC1CCCCO1)c1ccc(S(=O)(=O)N2C=C(C3CCCC3)[C@@H]3CCCCC32)cc1. The summed E-state index contributed by atoms with van der Waals surface area (Å²) in [5.74, 6) is 0.740. The quantitative estimate of drug-likeness (QED) is 0.655. The van der Waals surface area contributed by atoms with Crippen LogP contribution in [0.3, 0.4) is 0 Å². The van der Waals surface area contributed by atoms with Gasteiger partial charge in [-0.15, -0.1) is 0 Å². The number of carbonyl (C=O) groups excluding carboxylic acids is 1. The van der Waals surface area contributed by atoms with E-state index >= 15 is 0 Å². The molecule has 2 unspecified atom stereocenters. The highest BCUT2D eigenvalue weighted by Crippen LogP contribution is 2.47. The summed E-state index contributed by atoms with van der Waals surface area (Å²) >= 11 is 0. The zero-order chi connectivity index (χ0) is 22.8. The zero-order valence-corrected chi connectivity index (χ0v) is 20.2. The summed E-state index contributed by atoms with van der Waals surface area (Å²) in [4.78, 5) is 12.8. The first kappa shape index (κ1) is 22.9. The molecule has 1 aromatic rings. The van der Waals surface area contributed by atoms with Crippen LogP contribution < -0.4 is 5.32 Å². The van der Waals surface area contributed by atoms with E-state index in [4.69, 9.17) is 4.74 Å². The van der Waals surface area contributed by atoms with Gasteiger partial charge in [-0.1, -0.05) is 25.7 Å². The summed E-state index contributed by atoms with van der Waals surface area (Å²) in [6.07, 6.45) is 14.4. The first-order valence-corrected chi connectivity index (χ1v) is 14.2. The number of fused-ring (bicyclic) bond motifs is 1. The highest BCUT2D eigenvalue weighted by molar-refractivity contribution is 7.89. The van der Waals surface area contributed by atoms with Crippen molar-refractivity contribution >= 4 is 15.9 Å². The summed E-state index contributed by atoms with van der Waals surface area (Å²) in [6.45, 7) is 1.24. The minimum atomic E-state index is -3.64. The van der Waals surface area contributed by atoms with E-state index in [0.717, 1.165) is 45.1 Å². The molecule has 4 aliphatic rings. The van der Waals surface area contributed by atoms with Gasteiger partial charge in [0.15, 0.2) is 0 Å². The Hall–Kier alpha value is -1.86. The monoisotopic (exact) mass is 472 g/mol. The van der Waals surface area contributed by atoms with Crippen LogP contribution in [-0.2, 0) is 14.8 Å². The third-order valence-electron chi connectivity index (χ3n) is 8.04. The fraction of sp³-hybridized carbons (Fsp3) is 0.654. The first-order chi connectivity index (χ1) is 16.0. The number of ether oxygens (including phenoxy) is 1. The Balaban J connectivity index is 1.30. The Morgan fingerprint density at radius 1 is 0.939 bits per heavy atom. The number of rotatable bonds is 6. The van der Waals surface area contributed by atoms with Gasteiger partial charge in [-0.2, -0.15) is 0 Å². The molecule has 33 heavy (non-hydrogen) atoms. The van der Waals surface area contributed by atoms with E-state index < -0.39 is 10.0 Å². The number of hydrogen-bond donors (Lipinski definition) is 1. The van der Waals surface area contributed by atoms with E-state index in [1.165, 1.54) is 37.7 Å². The summed E-state index contributed by atoms with van der Waals surface area (Å²) in [6, 6.07) is 6.47. The summed E-state index contributed by atoms with van der Waals surface area (Å²) in [7, 11) is -3.64. The van der Waals surface area contributed by atoms with Crippen molar-refractivity contribution in [1.29, 1.82) is 0 Å². The molecular weight excluding hydrogens is 436 g/mol. The lowest BCUT2D eigenvalue weighted by Gasteiger charge is -2.34. The predicted molar refractivity (Wildman–Crippen MR) is 127 cm³/mol. The minimum absolute atomic E-state index is 0.0535. The smallest absolute Gasteiger partial charge is 0.264 e. The van der Waals surface area contributed by atoms with E-state index in [1.54, 1.807) is 28.6 Å². The van der Waals surface area contributed by atoms with Crippen LogP contribution in [0, 0.1) is 11.8 Å². The molecule has 2 aliphatic carbocycles. The van der Waals surface area contributed by atoms with Gasteiger partial charge in [0.1, 0.15) is 0 Å². The van der Waals surface area contributed by atoms with Crippen molar-refractivity contribution in [2.75, 3.05) is 13.2 Å². The fourth-order valence-corrected chi connectivity index (χ4v) is 7.83. The Kier molecular flexibility index (Phi) is 6.79. The lowest BCUT2D eigenvalue weighted by molar-refractivity contribution is 0.0169. The van der Waals surface area contributed by atoms with Crippen LogP contribution in [0.2, 0.25) is 0 Å². The number of sulfonamides is 1. The second-order valence-corrected chi connectivity index (χ2v) is 12.0. The maximum absolute atomic E-state index is 13.6. The molecule has 2 saturated carbocycles. The van der Waals surface area contributed by atoms with Gasteiger partial charge in [-0.25, -0.2) is 8.42 Å². The van der Waals surface area contributed by atoms with Crippen LogP contribution in [0.4, 0.5) is 0 Å². The van der Waals surface area contributed by atoms with E-state index in [2.05, 4.69) is 5.32 Å². The van der Waals surface area contributed by atoms with Gasteiger partial charge >= 0.3 is 0 Å². The van der Waals surface area contributed by atoms with Crippen LogP contribution in [0.15, 0.2) is 40.9 Å². The van der Waals surface area contributed by atoms with Crippen molar-refractivity contribution in [1.82, 2.24) is 9.62 Å². The van der Waals surface area contributed by atoms with Crippen LogP contribution in [0.5, 0.6) is 0 Å². The normalized spacial score (nSPS) is 28.4. The second-order valence-electron chi connectivity index (χ2n) is 10.1. The molecule has 0 spiro atoms. The van der Waals surface area contributed by atoms with E-state index in [-0.39, 0.29) is 22.9 Å². The molecule has 3 atom stereocenters. The highest BCUT2D eigenvalue weighted by atomic mass is 32.2. The lowest BCUT2D eigenvalue weighted by atomic mass is 9.77. The van der Waals surface area contributed by atoms with Gasteiger partial charge in [0.2, 0.25) is 0 Å². The lowest BCUT2D eigenvalue weighted by Crippen LogP contribution is -2.38.